The number of rotatable bonds is 7. The quantitative estimate of drug-likeness (QED) is 0.557. The second-order valence-corrected chi connectivity index (χ2v) is 10.5. The van der Waals surface area contributed by atoms with Gasteiger partial charge in [0.1, 0.15) is 12.6 Å². The van der Waals surface area contributed by atoms with Crippen molar-refractivity contribution >= 4 is 27.8 Å². The maximum atomic E-state index is 12.5. The highest BCUT2D eigenvalue weighted by molar-refractivity contribution is 7.91. The third-order valence-electron chi connectivity index (χ3n) is 5.91. The topological polar surface area (TPSA) is 139 Å². The number of carboxylic acids is 1. The Bertz CT molecular complexity index is 1150. The van der Waals surface area contributed by atoms with Crippen LogP contribution in [0, 0.1) is 0 Å². The first kappa shape index (κ1) is 22.8. The fraction of sp³-hybridized carbons (Fsp3) is 0.348. The van der Waals surface area contributed by atoms with Crippen LogP contribution in [0.15, 0.2) is 48.5 Å². The van der Waals surface area contributed by atoms with Crippen molar-refractivity contribution in [1.82, 2.24) is 10.6 Å². The molecular weight excluding hydrogens is 448 g/mol. The smallest absolute Gasteiger partial charge is 0.407 e. The monoisotopic (exact) mass is 472 g/mol. The van der Waals surface area contributed by atoms with Crippen molar-refractivity contribution < 1.29 is 32.6 Å². The minimum atomic E-state index is -3.22. The molecule has 2 amide bonds. The average molecular weight is 473 g/mol. The van der Waals surface area contributed by atoms with E-state index in [1.165, 1.54) is 0 Å². The molecule has 1 saturated heterocycles. The van der Waals surface area contributed by atoms with Gasteiger partial charge in [0.2, 0.25) is 5.91 Å². The number of hydrogen-bond donors (Lipinski definition) is 3. The molecule has 3 N–H and O–H groups in total. The Morgan fingerprint density at radius 2 is 1.64 bits per heavy atom. The lowest BCUT2D eigenvalue weighted by atomic mass is 9.98. The van der Waals surface area contributed by atoms with Gasteiger partial charge in [-0.2, -0.15) is 0 Å². The number of alkyl carbamates (subject to hydrolysis) is 1. The number of carbonyl (C=O) groups is 3. The molecule has 0 saturated carbocycles. The minimum Gasteiger partial charge on any atom is -0.481 e. The Balaban J connectivity index is 1.40. The average Bonchev–Trinajstić information content (AvgIpc) is 3.28. The van der Waals surface area contributed by atoms with Crippen molar-refractivity contribution in [2.45, 2.75) is 30.8 Å². The van der Waals surface area contributed by atoms with Crippen LogP contribution in [0.3, 0.4) is 0 Å². The van der Waals surface area contributed by atoms with Crippen LogP contribution in [0.1, 0.15) is 29.9 Å². The van der Waals surface area contributed by atoms with Crippen molar-refractivity contribution in [2.24, 2.45) is 0 Å². The Morgan fingerprint density at radius 3 is 2.18 bits per heavy atom. The lowest BCUT2D eigenvalue weighted by molar-refractivity contribution is -0.139. The summed E-state index contributed by atoms with van der Waals surface area (Å²) in [5.41, 5.74) is 4.18. The van der Waals surface area contributed by atoms with E-state index in [1.54, 1.807) is 0 Å². The Kier molecular flexibility index (Phi) is 6.37. The van der Waals surface area contributed by atoms with E-state index in [2.05, 4.69) is 10.6 Å². The van der Waals surface area contributed by atoms with Crippen LogP contribution in [-0.4, -0.2) is 61.7 Å². The van der Waals surface area contributed by atoms with Crippen LogP contribution < -0.4 is 10.6 Å². The molecule has 1 aliphatic carbocycles. The van der Waals surface area contributed by atoms with Crippen molar-refractivity contribution in [2.75, 3.05) is 18.1 Å². The summed E-state index contributed by atoms with van der Waals surface area (Å²) in [5, 5.41) is 14.0. The van der Waals surface area contributed by atoms with E-state index in [1.807, 2.05) is 48.5 Å². The second-order valence-electron chi connectivity index (χ2n) is 8.23. The number of fused-ring (bicyclic) bond motifs is 3. The fourth-order valence-electron chi connectivity index (χ4n) is 4.38. The molecule has 33 heavy (non-hydrogen) atoms. The summed E-state index contributed by atoms with van der Waals surface area (Å²) >= 11 is 0. The molecule has 174 valence electrons. The SMILES string of the molecule is O=C(O)CC(NC(=O)OCC1c2ccccc2-c2ccccc21)C(=O)NC1CCS(=O)(=O)C1. The highest BCUT2D eigenvalue weighted by Gasteiger charge is 2.33. The lowest BCUT2D eigenvalue weighted by Gasteiger charge is -2.20. The van der Waals surface area contributed by atoms with Gasteiger partial charge in [0.15, 0.2) is 9.84 Å². The van der Waals surface area contributed by atoms with Gasteiger partial charge in [-0.05, 0) is 28.7 Å². The highest BCUT2D eigenvalue weighted by Crippen LogP contribution is 2.44. The van der Waals surface area contributed by atoms with E-state index in [4.69, 9.17) is 9.84 Å². The van der Waals surface area contributed by atoms with Crippen molar-refractivity contribution in [1.29, 1.82) is 0 Å². The zero-order valence-electron chi connectivity index (χ0n) is 17.7. The molecule has 1 aliphatic heterocycles. The largest absolute Gasteiger partial charge is 0.481 e. The Labute approximate surface area is 191 Å². The summed E-state index contributed by atoms with van der Waals surface area (Å²) in [7, 11) is -3.22. The normalized spacial score (nSPS) is 19.2. The van der Waals surface area contributed by atoms with Crippen LogP contribution >= 0.6 is 0 Å². The van der Waals surface area contributed by atoms with Crippen LogP contribution in [0.5, 0.6) is 0 Å². The van der Waals surface area contributed by atoms with Crippen molar-refractivity contribution in [3.63, 3.8) is 0 Å². The molecule has 9 nitrogen and oxygen atoms in total. The van der Waals surface area contributed by atoms with Crippen LogP contribution in [-0.2, 0) is 24.2 Å². The summed E-state index contributed by atoms with van der Waals surface area (Å²) in [4.78, 5) is 36.2. The van der Waals surface area contributed by atoms with Gasteiger partial charge in [0, 0.05) is 12.0 Å². The Hall–Kier alpha value is -3.40. The van der Waals surface area contributed by atoms with E-state index in [-0.39, 0.29) is 30.5 Å². The molecule has 4 rings (SSSR count). The molecule has 2 atom stereocenters. The van der Waals surface area contributed by atoms with Gasteiger partial charge < -0.3 is 20.5 Å². The number of carboxylic acid groups (broad SMARTS) is 1. The van der Waals surface area contributed by atoms with Gasteiger partial charge in [0.25, 0.3) is 0 Å². The molecular formula is C23H24N2O7S. The lowest BCUT2D eigenvalue weighted by Crippen LogP contribution is -2.51. The minimum absolute atomic E-state index is 0.0160. The third-order valence-corrected chi connectivity index (χ3v) is 7.68. The van der Waals surface area contributed by atoms with E-state index in [9.17, 15) is 22.8 Å². The number of sulfone groups is 1. The molecule has 2 unspecified atom stereocenters. The molecule has 2 aromatic carbocycles. The number of aliphatic carboxylic acids is 1. The first-order valence-electron chi connectivity index (χ1n) is 10.6. The first-order chi connectivity index (χ1) is 15.7. The third kappa shape index (κ3) is 5.16. The maximum absolute atomic E-state index is 12.5. The maximum Gasteiger partial charge on any atom is 0.407 e. The van der Waals surface area contributed by atoms with Crippen LogP contribution in [0.4, 0.5) is 4.79 Å². The molecule has 0 bridgehead atoms. The summed E-state index contributed by atoms with van der Waals surface area (Å²) in [6, 6.07) is 13.7. The summed E-state index contributed by atoms with van der Waals surface area (Å²) in [5.74, 6) is -2.47. The van der Waals surface area contributed by atoms with Gasteiger partial charge in [0.05, 0.1) is 17.9 Å². The van der Waals surface area contributed by atoms with Gasteiger partial charge in [-0.15, -0.1) is 0 Å². The van der Waals surface area contributed by atoms with Gasteiger partial charge >= 0.3 is 12.1 Å². The van der Waals surface area contributed by atoms with Gasteiger partial charge in [-0.1, -0.05) is 48.5 Å². The number of amides is 2. The highest BCUT2D eigenvalue weighted by atomic mass is 32.2. The molecule has 10 heteroatoms. The summed E-state index contributed by atoms with van der Waals surface area (Å²) in [6.07, 6.45) is -1.33. The fourth-order valence-corrected chi connectivity index (χ4v) is 6.05. The number of hydrogen-bond acceptors (Lipinski definition) is 6. The first-order valence-corrected chi connectivity index (χ1v) is 12.4. The van der Waals surface area contributed by atoms with Crippen LogP contribution in [0.25, 0.3) is 11.1 Å². The molecule has 0 aromatic heterocycles. The van der Waals surface area contributed by atoms with E-state index >= 15 is 0 Å². The predicted molar refractivity (Wildman–Crippen MR) is 119 cm³/mol. The molecule has 0 radical (unpaired) electrons. The molecule has 1 heterocycles. The number of carbonyl (C=O) groups excluding carboxylic acids is 2. The summed E-state index contributed by atoms with van der Waals surface area (Å²) < 4.78 is 28.6. The van der Waals surface area contributed by atoms with Gasteiger partial charge in [-0.3, -0.25) is 9.59 Å². The standard InChI is InChI=1S/C23H24N2O7S/c26-21(27)11-20(22(28)24-14-9-10-33(30,31)13-14)25-23(29)32-12-19-17-7-3-1-5-15(17)16-6-2-4-8-18(16)19/h1-8,14,19-20H,9-13H2,(H,24,28)(H,25,29)(H,26,27). The van der Waals surface area contributed by atoms with E-state index < -0.39 is 46.3 Å². The van der Waals surface area contributed by atoms with Crippen molar-refractivity contribution in [3.05, 3.63) is 59.7 Å². The molecule has 2 aliphatic rings. The predicted octanol–water partition coefficient (Wildman–Crippen LogP) is 1.67. The van der Waals surface area contributed by atoms with E-state index in [0.29, 0.717) is 0 Å². The number of nitrogens with one attached hydrogen (secondary N) is 2. The summed E-state index contributed by atoms with van der Waals surface area (Å²) in [6.45, 7) is 0.0160. The molecule has 2 aromatic rings. The van der Waals surface area contributed by atoms with Gasteiger partial charge in [-0.25, -0.2) is 13.2 Å². The Morgan fingerprint density at radius 1 is 1.03 bits per heavy atom. The zero-order chi connectivity index (χ0) is 23.6. The van der Waals surface area contributed by atoms with E-state index in [0.717, 1.165) is 22.3 Å². The number of benzene rings is 2. The van der Waals surface area contributed by atoms with Crippen LogP contribution in [0.2, 0.25) is 0 Å². The molecule has 0 spiro atoms. The zero-order valence-corrected chi connectivity index (χ0v) is 18.5. The molecule has 1 fully saturated rings. The second kappa shape index (κ2) is 9.22. The number of ether oxygens (including phenoxy) is 1. The van der Waals surface area contributed by atoms with Crippen molar-refractivity contribution in [3.8, 4) is 11.1 Å².